The second-order valence-corrected chi connectivity index (χ2v) is 10.8. The first kappa shape index (κ1) is 20.9. The Morgan fingerprint density at radius 3 is 2.58 bits per heavy atom. The van der Waals surface area contributed by atoms with Gasteiger partial charge in [0.2, 0.25) is 0 Å². The van der Waals surface area contributed by atoms with Gasteiger partial charge in [-0.15, -0.1) is 0 Å². The van der Waals surface area contributed by atoms with Crippen LogP contribution in [0.25, 0.3) is 5.57 Å². The number of carbonyl (C=O) groups is 1. The number of carbonyl (C=O) groups excluding carboxylic acids is 1. The van der Waals surface area contributed by atoms with Crippen LogP contribution >= 0.6 is 0 Å². The summed E-state index contributed by atoms with van der Waals surface area (Å²) in [6, 6.07) is -0.548. The lowest BCUT2D eigenvalue weighted by Crippen LogP contribution is -2.50. The summed E-state index contributed by atoms with van der Waals surface area (Å²) < 4.78 is 5.71. The Balaban J connectivity index is 1.37. The predicted octanol–water partition coefficient (Wildman–Crippen LogP) is 4.69. The third kappa shape index (κ3) is 3.27. The summed E-state index contributed by atoms with van der Waals surface area (Å²) in [5.74, 6) is 1.85. The van der Waals surface area contributed by atoms with Gasteiger partial charge in [0, 0.05) is 24.4 Å². The second-order valence-electron chi connectivity index (χ2n) is 10.8. The zero-order chi connectivity index (χ0) is 21.8. The molecule has 5 heteroatoms. The van der Waals surface area contributed by atoms with E-state index in [1.54, 1.807) is 13.3 Å². The molecule has 1 heterocycles. The molecule has 4 aliphatic rings. The van der Waals surface area contributed by atoms with Gasteiger partial charge in [0.25, 0.3) is 0 Å². The number of hydrogen-bond donors (Lipinski definition) is 1. The van der Waals surface area contributed by atoms with Crippen molar-refractivity contribution in [1.82, 2.24) is 9.97 Å². The molecular formula is C26H35N3O2. The zero-order valence-corrected chi connectivity index (χ0v) is 19.0. The average molecular weight is 422 g/mol. The Bertz CT molecular complexity index is 924. The van der Waals surface area contributed by atoms with Gasteiger partial charge in [0.05, 0.1) is 0 Å². The monoisotopic (exact) mass is 421 g/mol. The maximum Gasteiger partial charge on any atom is 0.322 e. The molecule has 0 amide bonds. The van der Waals surface area contributed by atoms with E-state index in [-0.39, 0.29) is 22.9 Å². The molecular weight excluding hydrogens is 386 g/mol. The highest BCUT2D eigenvalue weighted by atomic mass is 16.5. The molecule has 0 bridgehead atoms. The number of esters is 1. The SMILES string of the molecule is CC(N)C(=O)OC1CCC2(C)C(=CCC3C2CCC2(C)C(c4cncnc4)=CCC32)C1. The van der Waals surface area contributed by atoms with Crippen LogP contribution in [-0.2, 0) is 9.53 Å². The summed E-state index contributed by atoms with van der Waals surface area (Å²) in [5.41, 5.74) is 10.3. The van der Waals surface area contributed by atoms with Gasteiger partial charge in [-0.25, -0.2) is 9.97 Å². The molecule has 1 aromatic rings. The van der Waals surface area contributed by atoms with Crippen molar-refractivity contribution in [3.63, 3.8) is 0 Å². The van der Waals surface area contributed by atoms with Crippen LogP contribution < -0.4 is 5.73 Å². The minimum atomic E-state index is -0.548. The molecule has 0 spiro atoms. The topological polar surface area (TPSA) is 78.1 Å². The number of allylic oxidation sites excluding steroid dienone is 3. The minimum absolute atomic E-state index is 0.0129. The Morgan fingerprint density at radius 1 is 1.10 bits per heavy atom. The number of rotatable bonds is 3. The fourth-order valence-electron chi connectivity index (χ4n) is 7.45. The van der Waals surface area contributed by atoms with Crippen LogP contribution in [0.5, 0.6) is 0 Å². The molecule has 4 aliphatic carbocycles. The van der Waals surface area contributed by atoms with Crippen molar-refractivity contribution in [2.45, 2.75) is 77.9 Å². The molecule has 0 aromatic carbocycles. The van der Waals surface area contributed by atoms with E-state index in [4.69, 9.17) is 10.5 Å². The second kappa shape index (κ2) is 7.54. The highest BCUT2D eigenvalue weighted by Gasteiger charge is 2.57. The molecule has 166 valence electrons. The molecule has 5 rings (SSSR count). The van der Waals surface area contributed by atoms with E-state index < -0.39 is 6.04 Å². The van der Waals surface area contributed by atoms with Gasteiger partial charge in [-0.3, -0.25) is 4.79 Å². The number of aromatic nitrogens is 2. The summed E-state index contributed by atoms with van der Waals surface area (Å²) in [7, 11) is 0. The Morgan fingerprint density at radius 2 is 1.84 bits per heavy atom. The van der Waals surface area contributed by atoms with Crippen molar-refractivity contribution >= 4 is 11.5 Å². The van der Waals surface area contributed by atoms with Crippen molar-refractivity contribution < 1.29 is 9.53 Å². The third-order valence-corrected chi connectivity index (χ3v) is 9.17. The van der Waals surface area contributed by atoms with E-state index in [2.05, 4.69) is 36.0 Å². The first-order valence-corrected chi connectivity index (χ1v) is 11.9. The molecule has 7 atom stereocenters. The molecule has 2 saturated carbocycles. The van der Waals surface area contributed by atoms with Gasteiger partial charge in [0.15, 0.2) is 0 Å². The largest absolute Gasteiger partial charge is 0.461 e. The highest BCUT2D eigenvalue weighted by molar-refractivity contribution is 5.75. The van der Waals surface area contributed by atoms with E-state index in [0.29, 0.717) is 11.8 Å². The zero-order valence-electron chi connectivity index (χ0n) is 19.0. The van der Waals surface area contributed by atoms with Crippen LogP contribution in [0.3, 0.4) is 0 Å². The smallest absolute Gasteiger partial charge is 0.322 e. The minimum Gasteiger partial charge on any atom is -0.461 e. The molecule has 31 heavy (non-hydrogen) atoms. The van der Waals surface area contributed by atoms with E-state index >= 15 is 0 Å². The molecule has 0 radical (unpaired) electrons. The van der Waals surface area contributed by atoms with Gasteiger partial charge in [-0.1, -0.05) is 31.6 Å². The lowest BCUT2D eigenvalue weighted by molar-refractivity contribution is -0.152. The summed E-state index contributed by atoms with van der Waals surface area (Å²) in [5, 5.41) is 0. The lowest BCUT2D eigenvalue weighted by atomic mass is 9.47. The number of fused-ring (bicyclic) bond motifs is 5. The molecule has 0 aliphatic heterocycles. The third-order valence-electron chi connectivity index (χ3n) is 9.17. The molecule has 7 unspecified atom stereocenters. The van der Waals surface area contributed by atoms with E-state index in [1.165, 1.54) is 29.6 Å². The van der Waals surface area contributed by atoms with Crippen LogP contribution in [0.15, 0.2) is 36.4 Å². The van der Waals surface area contributed by atoms with Crippen LogP contribution in [0.4, 0.5) is 0 Å². The van der Waals surface area contributed by atoms with Gasteiger partial charge >= 0.3 is 5.97 Å². The van der Waals surface area contributed by atoms with Gasteiger partial charge < -0.3 is 10.5 Å². The first-order valence-electron chi connectivity index (χ1n) is 11.9. The molecule has 1 aromatic heterocycles. The Hall–Kier alpha value is -2.01. The van der Waals surface area contributed by atoms with Gasteiger partial charge in [-0.05, 0) is 79.6 Å². The number of hydrogen-bond acceptors (Lipinski definition) is 5. The fourth-order valence-corrected chi connectivity index (χ4v) is 7.45. The lowest BCUT2D eigenvalue weighted by Gasteiger charge is -2.57. The maximum atomic E-state index is 12.0. The van der Waals surface area contributed by atoms with Crippen molar-refractivity contribution in [3.05, 3.63) is 42.0 Å². The van der Waals surface area contributed by atoms with E-state index in [0.717, 1.165) is 38.0 Å². The van der Waals surface area contributed by atoms with E-state index in [1.807, 2.05) is 12.4 Å². The van der Waals surface area contributed by atoms with Crippen molar-refractivity contribution in [1.29, 1.82) is 0 Å². The predicted molar refractivity (Wildman–Crippen MR) is 121 cm³/mol. The van der Waals surface area contributed by atoms with Crippen molar-refractivity contribution in [2.24, 2.45) is 34.3 Å². The summed E-state index contributed by atoms with van der Waals surface area (Å²) in [4.78, 5) is 20.6. The van der Waals surface area contributed by atoms with Crippen LogP contribution in [0.1, 0.15) is 71.3 Å². The molecule has 2 N–H and O–H groups in total. The highest BCUT2D eigenvalue weighted by Crippen LogP contribution is 2.66. The van der Waals surface area contributed by atoms with Gasteiger partial charge in [-0.2, -0.15) is 0 Å². The average Bonchev–Trinajstić information content (AvgIpc) is 3.11. The number of ether oxygens (including phenoxy) is 1. The molecule has 5 nitrogen and oxygen atoms in total. The van der Waals surface area contributed by atoms with E-state index in [9.17, 15) is 4.79 Å². The first-order chi connectivity index (χ1) is 14.8. The molecule has 2 fully saturated rings. The molecule has 0 saturated heterocycles. The summed E-state index contributed by atoms with van der Waals surface area (Å²) >= 11 is 0. The standard InChI is InChI=1S/C26H35N3O2/c1-16(27)24(30)31-19-8-10-25(2)18(12-19)4-5-20-22-7-6-21(17-13-28-15-29-14-17)26(22,3)11-9-23(20)25/h4,6,13-16,19-20,22-23H,5,7-12,27H2,1-3H3. The summed E-state index contributed by atoms with van der Waals surface area (Å²) in [6.07, 6.45) is 18.3. The van der Waals surface area contributed by atoms with Crippen LogP contribution in [0, 0.1) is 28.6 Å². The van der Waals surface area contributed by atoms with Crippen LogP contribution in [0.2, 0.25) is 0 Å². The Labute approximate surface area is 185 Å². The van der Waals surface area contributed by atoms with Crippen molar-refractivity contribution in [2.75, 3.05) is 0 Å². The number of nitrogens with two attached hydrogens (primary N) is 1. The summed E-state index contributed by atoms with van der Waals surface area (Å²) in [6.45, 7) is 6.66. The van der Waals surface area contributed by atoms with Crippen molar-refractivity contribution in [3.8, 4) is 0 Å². The Kier molecular flexibility index (Phi) is 5.08. The fraction of sp³-hybridized carbons (Fsp3) is 0.654. The quantitative estimate of drug-likeness (QED) is 0.566. The van der Waals surface area contributed by atoms with Gasteiger partial charge in [0.1, 0.15) is 18.5 Å². The van der Waals surface area contributed by atoms with Crippen LogP contribution in [-0.4, -0.2) is 28.1 Å². The number of nitrogens with zero attached hydrogens (tertiary/aromatic N) is 2. The normalized spacial score (nSPS) is 40.0. The maximum absolute atomic E-state index is 12.0.